The number of benzene rings is 1. The van der Waals surface area contributed by atoms with Gasteiger partial charge >= 0.3 is 5.97 Å². The van der Waals surface area contributed by atoms with E-state index in [1.54, 1.807) is 18.6 Å². The maximum Gasteiger partial charge on any atom is 0.335 e. The molecule has 0 spiro atoms. The zero-order valence-electron chi connectivity index (χ0n) is 11.2. The van der Waals surface area contributed by atoms with Crippen molar-refractivity contribution in [3.8, 4) is 5.75 Å². The van der Waals surface area contributed by atoms with Crippen LogP contribution in [0.3, 0.4) is 0 Å². The molecule has 0 radical (unpaired) electrons. The summed E-state index contributed by atoms with van der Waals surface area (Å²) in [6.07, 6.45) is 3.50. The number of carbonyl (C=O) groups is 1. The third-order valence-electron chi connectivity index (χ3n) is 2.86. The van der Waals surface area contributed by atoms with Gasteiger partial charge in [-0.15, -0.1) is 0 Å². The van der Waals surface area contributed by atoms with Gasteiger partial charge in [-0.3, -0.25) is 0 Å². The largest absolute Gasteiger partial charge is 0.486 e. The molecule has 1 N–H and O–H groups in total. The monoisotopic (exact) mass is 338 g/mol. The maximum atomic E-state index is 11.0. The Morgan fingerprint density at radius 2 is 2.25 bits per heavy atom. The van der Waals surface area contributed by atoms with E-state index in [0.29, 0.717) is 18.4 Å². The number of aromatic nitrogens is 2. The van der Waals surface area contributed by atoms with Crippen molar-refractivity contribution >= 4 is 21.9 Å². The van der Waals surface area contributed by atoms with Gasteiger partial charge in [-0.2, -0.15) is 0 Å². The van der Waals surface area contributed by atoms with Crippen molar-refractivity contribution in [2.75, 3.05) is 0 Å². The third-order valence-corrected chi connectivity index (χ3v) is 3.51. The van der Waals surface area contributed by atoms with E-state index < -0.39 is 5.97 Å². The predicted octanol–water partition coefficient (Wildman–Crippen LogP) is 3.50. The minimum absolute atomic E-state index is 0.195. The minimum atomic E-state index is -0.977. The number of rotatable bonds is 5. The molecule has 0 aliphatic rings. The van der Waals surface area contributed by atoms with Crippen LogP contribution in [-0.4, -0.2) is 20.6 Å². The molecule has 0 saturated heterocycles. The summed E-state index contributed by atoms with van der Waals surface area (Å²) in [7, 11) is 0. The number of hydrogen-bond acceptors (Lipinski definition) is 3. The second-order valence-electron chi connectivity index (χ2n) is 4.63. The molecule has 1 aromatic heterocycles. The fraction of sp³-hybridized carbons (Fsp3) is 0.286. The fourth-order valence-corrected chi connectivity index (χ4v) is 2.17. The van der Waals surface area contributed by atoms with E-state index in [-0.39, 0.29) is 5.56 Å². The molecule has 20 heavy (non-hydrogen) atoms. The Morgan fingerprint density at radius 3 is 2.90 bits per heavy atom. The summed E-state index contributed by atoms with van der Waals surface area (Å²) in [4.78, 5) is 15.1. The van der Waals surface area contributed by atoms with Gasteiger partial charge in [0.15, 0.2) is 0 Å². The lowest BCUT2D eigenvalue weighted by Gasteiger charge is -2.13. The van der Waals surface area contributed by atoms with Gasteiger partial charge in [-0.05, 0) is 48.0 Å². The fourth-order valence-electron chi connectivity index (χ4n) is 1.81. The SMILES string of the molecule is CC(C)n1cncc1COc1cc(C(=O)O)ccc1Br. The number of halogens is 1. The van der Waals surface area contributed by atoms with Gasteiger partial charge in [0.05, 0.1) is 28.3 Å². The van der Waals surface area contributed by atoms with E-state index in [9.17, 15) is 4.79 Å². The van der Waals surface area contributed by atoms with Gasteiger partial charge in [0.1, 0.15) is 12.4 Å². The first-order valence-corrected chi connectivity index (χ1v) is 6.94. The molecule has 5 nitrogen and oxygen atoms in total. The minimum Gasteiger partial charge on any atom is -0.486 e. The van der Waals surface area contributed by atoms with E-state index in [1.165, 1.54) is 12.1 Å². The van der Waals surface area contributed by atoms with Crippen molar-refractivity contribution < 1.29 is 14.6 Å². The molecule has 0 aliphatic carbocycles. The molecule has 0 bridgehead atoms. The maximum absolute atomic E-state index is 11.0. The Kier molecular flexibility index (Phi) is 4.44. The van der Waals surface area contributed by atoms with E-state index in [2.05, 4.69) is 34.8 Å². The van der Waals surface area contributed by atoms with Crippen LogP contribution in [0.25, 0.3) is 0 Å². The molecule has 0 saturated carbocycles. The van der Waals surface area contributed by atoms with Gasteiger partial charge in [0.2, 0.25) is 0 Å². The molecular formula is C14H15BrN2O3. The molecule has 2 aromatic rings. The molecule has 0 atom stereocenters. The second-order valence-corrected chi connectivity index (χ2v) is 5.48. The van der Waals surface area contributed by atoms with Crippen molar-refractivity contribution in [2.45, 2.75) is 26.5 Å². The Morgan fingerprint density at radius 1 is 1.50 bits per heavy atom. The van der Waals surface area contributed by atoms with Gasteiger partial charge in [-0.25, -0.2) is 9.78 Å². The van der Waals surface area contributed by atoms with Crippen LogP contribution < -0.4 is 4.74 Å². The predicted molar refractivity (Wildman–Crippen MR) is 78.0 cm³/mol. The zero-order valence-corrected chi connectivity index (χ0v) is 12.8. The molecular weight excluding hydrogens is 324 g/mol. The van der Waals surface area contributed by atoms with Crippen LogP contribution in [0.15, 0.2) is 35.2 Å². The lowest BCUT2D eigenvalue weighted by Crippen LogP contribution is -2.07. The summed E-state index contributed by atoms with van der Waals surface area (Å²) < 4.78 is 8.42. The van der Waals surface area contributed by atoms with Gasteiger partial charge in [0, 0.05) is 6.04 Å². The Balaban J connectivity index is 2.16. The van der Waals surface area contributed by atoms with Gasteiger partial charge in [-0.1, -0.05) is 0 Å². The lowest BCUT2D eigenvalue weighted by atomic mass is 10.2. The normalized spacial score (nSPS) is 10.8. The van der Waals surface area contributed by atoms with Crippen molar-refractivity contribution in [2.24, 2.45) is 0 Å². The van der Waals surface area contributed by atoms with Crippen LogP contribution in [0.1, 0.15) is 35.9 Å². The van der Waals surface area contributed by atoms with Crippen LogP contribution in [-0.2, 0) is 6.61 Å². The first kappa shape index (κ1) is 14.6. The summed E-state index contributed by atoms with van der Waals surface area (Å²) in [6.45, 7) is 4.46. The van der Waals surface area contributed by atoms with Crippen molar-refractivity contribution in [3.63, 3.8) is 0 Å². The number of hydrogen-bond donors (Lipinski definition) is 1. The van der Waals surface area contributed by atoms with E-state index in [1.807, 2.05) is 4.57 Å². The average molecular weight is 339 g/mol. The quantitative estimate of drug-likeness (QED) is 0.905. The van der Waals surface area contributed by atoms with Gasteiger partial charge in [0.25, 0.3) is 0 Å². The van der Waals surface area contributed by atoms with Crippen LogP contribution >= 0.6 is 15.9 Å². The second kappa shape index (κ2) is 6.09. The standard InChI is InChI=1S/C14H15BrN2O3/c1-9(2)17-8-16-6-11(17)7-20-13-5-10(14(18)19)3-4-12(13)15/h3-6,8-9H,7H2,1-2H3,(H,18,19). The summed E-state index contributed by atoms with van der Waals surface area (Å²) >= 11 is 3.35. The Labute approximate surface area is 125 Å². The van der Waals surface area contributed by atoms with Crippen molar-refractivity contribution in [1.82, 2.24) is 9.55 Å². The Hall–Kier alpha value is -1.82. The smallest absolute Gasteiger partial charge is 0.335 e. The number of carboxylic acids is 1. The number of nitrogens with zero attached hydrogens (tertiary/aromatic N) is 2. The molecule has 0 aliphatic heterocycles. The highest BCUT2D eigenvalue weighted by Gasteiger charge is 2.10. The average Bonchev–Trinajstić information content (AvgIpc) is 2.86. The highest BCUT2D eigenvalue weighted by atomic mass is 79.9. The topological polar surface area (TPSA) is 64.4 Å². The number of carboxylic acid groups (broad SMARTS) is 1. The van der Waals surface area contributed by atoms with Crippen LogP contribution in [0, 0.1) is 0 Å². The summed E-state index contributed by atoms with van der Waals surface area (Å²) in [6, 6.07) is 4.99. The van der Waals surface area contributed by atoms with Crippen LogP contribution in [0.5, 0.6) is 5.75 Å². The van der Waals surface area contributed by atoms with E-state index in [4.69, 9.17) is 9.84 Å². The summed E-state index contributed by atoms with van der Waals surface area (Å²) in [5.74, 6) is -0.476. The Bertz CT molecular complexity index is 623. The third kappa shape index (κ3) is 3.19. The zero-order chi connectivity index (χ0) is 14.7. The molecule has 2 rings (SSSR count). The summed E-state index contributed by atoms with van der Waals surface area (Å²) in [5.41, 5.74) is 1.13. The van der Waals surface area contributed by atoms with Crippen LogP contribution in [0.4, 0.5) is 0 Å². The van der Waals surface area contributed by atoms with Crippen LogP contribution in [0.2, 0.25) is 0 Å². The molecule has 0 fully saturated rings. The number of aromatic carboxylic acids is 1. The van der Waals surface area contributed by atoms with E-state index in [0.717, 1.165) is 10.2 Å². The highest BCUT2D eigenvalue weighted by Crippen LogP contribution is 2.27. The lowest BCUT2D eigenvalue weighted by molar-refractivity contribution is 0.0696. The number of imidazole rings is 1. The summed E-state index contributed by atoms with van der Waals surface area (Å²) in [5, 5.41) is 8.98. The highest BCUT2D eigenvalue weighted by molar-refractivity contribution is 9.10. The van der Waals surface area contributed by atoms with Crippen molar-refractivity contribution in [1.29, 1.82) is 0 Å². The number of ether oxygens (including phenoxy) is 1. The molecule has 6 heteroatoms. The van der Waals surface area contributed by atoms with Crippen molar-refractivity contribution in [3.05, 3.63) is 46.5 Å². The molecule has 106 valence electrons. The molecule has 0 amide bonds. The first-order chi connectivity index (χ1) is 9.49. The molecule has 0 unspecified atom stereocenters. The first-order valence-electron chi connectivity index (χ1n) is 6.15. The van der Waals surface area contributed by atoms with Gasteiger partial charge < -0.3 is 14.4 Å². The van der Waals surface area contributed by atoms with E-state index >= 15 is 0 Å². The molecule has 1 heterocycles. The molecule has 1 aromatic carbocycles.